The summed E-state index contributed by atoms with van der Waals surface area (Å²) >= 11 is 3.56. The number of nitrogens with zero attached hydrogens (tertiary/aromatic N) is 3. The van der Waals surface area contributed by atoms with E-state index >= 15 is 0 Å². The first-order valence-electron chi connectivity index (χ1n) is 6.00. The van der Waals surface area contributed by atoms with Gasteiger partial charge in [-0.1, -0.05) is 18.3 Å². The first-order valence-corrected chi connectivity index (χ1v) is 8.21. The van der Waals surface area contributed by atoms with E-state index in [0.29, 0.717) is 0 Å². The number of aromatic nitrogens is 2. The normalized spacial score (nSPS) is 11.1. The van der Waals surface area contributed by atoms with E-state index in [1.54, 1.807) is 11.3 Å². The summed E-state index contributed by atoms with van der Waals surface area (Å²) in [6, 6.07) is 0. The fraction of sp³-hybridized carbons (Fsp3) is 0.818. The molecular weight excluding hydrogens is 252 g/mol. The van der Waals surface area contributed by atoms with Crippen LogP contribution < -0.4 is 5.32 Å². The molecule has 0 amide bonds. The number of anilines is 1. The molecule has 1 heterocycles. The Morgan fingerprint density at radius 3 is 2.94 bits per heavy atom. The van der Waals surface area contributed by atoms with E-state index in [1.165, 1.54) is 12.2 Å². The number of hydrogen-bond acceptors (Lipinski definition) is 6. The summed E-state index contributed by atoms with van der Waals surface area (Å²) in [6.45, 7) is 5.14. The van der Waals surface area contributed by atoms with E-state index in [9.17, 15) is 0 Å². The highest BCUT2D eigenvalue weighted by molar-refractivity contribution is 7.98. The van der Waals surface area contributed by atoms with Gasteiger partial charge in [0.05, 0.1) is 6.54 Å². The minimum Gasteiger partial charge on any atom is -0.360 e. The minimum atomic E-state index is 0.903. The summed E-state index contributed by atoms with van der Waals surface area (Å²) in [7, 11) is 2.14. The van der Waals surface area contributed by atoms with E-state index in [4.69, 9.17) is 0 Å². The van der Waals surface area contributed by atoms with Crippen LogP contribution in [0.5, 0.6) is 0 Å². The van der Waals surface area contributed by atoms with Crippen LogP contribution >= 0.6 is 23.1 Å². The quantitative estimate of drug-likeness (QED) is 0.701. The van der Waals surface area contributed by atoms with Gasteiger partial charge in [0.25, 0.3) is 0 Å². The van der Waals surface area contributed by atoms with Crippen LogP contribution in [-0.4, -0.2) is 47.2 Å². The molecule has 1 rings (SSSR count). The zero-order valence-corrected chi connectivity index (χ0v) is 12.5. The van der Waals surface area contributed by atoms with E-state index < -0.39 is 0 Å². The third-order valence-corrected chi connectivity index (χ3v) is 3.85. The molecule has 0 aliphatic heterocycles. The van der Waals surface area contributed by atoms with Crippen LogP contribution in [0.1, 0.15) is 24.8 Å². The van der Waals surface area contributed by atoms with E-state index in [-0.39, 0.29) is 0 Å². The molecule has 17 heavy (non-hydrogen) atoms. The molecule has 0 unspecified atom stereocenters. The van der Waals surface area contributed by atoms with Crippen molar-refractivity contribution in [3.63, 3.8) is 0 Å². The van der Waals surface area contributed by atoms with Crippen LogP contribution in [-0.2, 0) is 6.54 Å². The van der Waals surface area contributed by atoms with Crippen molar-refractivity contribution in [2.45, 2.75) is 26.3 Å². The molecule has 1 aromatic heterocycles. The van der Waals surface area contributed by atoms with Gasteiger partial charge in [0.1, 0.15) is 5.01 Å². The Kier molecular flexibility index (Phi) is 7.55. The second kappa shape index (κ2) is 8.72. The molecule has 0 fully saturated rings. The second-order valence-electron chi connectivity index (χ2n) is 4.01. The number of rotatable bonds is 9. The smallest absolute Gasteiger partial charge is 0.205 e. The van der Waals surface area contributed by atoms with Gasteiger partial charge in [0.15, 0.2) is 0 Å². The summed E-state index contributed by atoms with van der Waals surface area (Å²) in [6.07, 6.45) is 4.50. The molecule has 0 saturated heterocycles. The summed E-state index contributed by atoms with van der Waals surface area (Å²) < 4.78 is 0. The largest absolute Gasteiger partial charge is 0.360 e. The van der Waals surface area contributed by atoms with Gasteiger partial charge in [-0.3, -0.25) is 4.90 Å². The fourth-order valence-electron chi connectivity index (χ4n) is 1.41. The Hall–Kier alpha value is -0.330. The van der Waals surface area contributed by atoms with E-state index in [0.717, 1.165) is 36.2 Å². The molecule has 0 aromatic carbocycles. The SMILES string of the molecule is CCCNc1nnc(CN(C)CCCSC)s1. The highest BCUT2D eigenvalue weighted by atomic mass is 32.2. The number of thioether (sulfide) groups is 1. The van der Waals surface area contributed by atoms with Crippen molar-refractivity contribution < 1.29 is 0 Å². The Morgan fingerprint density at radius 1 is 1.41 bits per heavy atom. The molecular formula is C11H22N4S2. The van der Waals surface area contributed by atoms with Gasteiger partial charge in [-0.15, -0.1) is 10.2 Å². The molecule has 0 radical (unpaired) electrons. The van der Waals surface area contributed by atoms with Crippen molar-refractivity contribution in [2.75, 3.05) is 37.5 Å². The highest BCUT2D eigenvalue weighted by Gasteiger charge is 2.06. The maximum atomic E-state index is 4.20. The molecule has 0 aliphatic carbocycles. The van der Waals surface area contributed by atoms with Gasteiger partial charge in [0, 0.05) is 6.54 Å². The lowest BCUT2D eigenvalue weighted by molar-refractivity contribution is 0.327. The number of nitrogens with one attached hydrogen (secondary N) is 1. The molecule has 1 N–H and O–H groups in total. The van der Waals surface area contributed by atoms with Gasteiger partial charge < -0.3 is 5.32 Å². The maximum Gasteiger partial charge on any atom is 0.205 e. The van der Waals surface area contributed by atoms with Crippen LogP contribution in [0.2, 0.25) is 0 Å². The Balaban J connectivity index is 2.27. The predicted octanol–water partition coefficient (Wildman–Crippen LogP) is 2.54. The fourth-order valence-corrected chi connectivity index (χ4v) is 2.67. The average Bonchev–Trinajstić information content (AvgIpc) is 2.74. The van der Waals surface area contributed by atoms with Crippen molar-refractivity contribution in [3.8, 4) is 0 Å². The van der Waals surface area contributed by atoms with Crippen LogP contribution in [0.4, 0.5) is 5.13 Å². The molecule has 1 aromatic rings. The summed E-state index contributed by atoms with van der Waals surface area (Å²) in [5.41, 5.74) is 0. The maximum absolute atomic E-state index is 4.20. The zero-order valence-electron chi connectivity index (χ0n) is 10.9. The lowest BCUT2D eigenvalue weighted by Gasteiger charge is -2.13. The number of hydrogen-bond donors (Lipinski definition) is 1. The molecule has 0 bridgehead atoms. The first-order chi connectivity index (χ1) is 8.26. The van der Waals surface area contributed by atoms with Crippen LogP contribution in [0.15, 0.2) is 0 Å². The van der Waals surface area contributed by atoms with Gasteiger partial charge >= 0.3 is 0 Å². The van der Waals surface area contributed by atoms with Crippen LogP contribution in [0.3, 0.4) is 0 Å². The van der Waals surface area contributed by atoms with Crippen molar-refractivity contribution in [2.24, 2.45) is 0 Å². The zero-order chi connectivity index (χ0) is 12.5. The van der Waals surface area contributed by atoms with Crippen molar-refractivity contribution in [1.29, 1.82) is 0 Å². The minimum absolute atomic E-state index is 0.903. The molecule has 0 saturated carbocycles. The standard InChI is InChI=1S/C11H22N4S2/c1-4-6-12-11-14-13-10(17-11)9-15(2)7-5-8-16-3/h4-9H2,1-3H3,(H,12,14). The Bertz CT molecular complexity index is 303. The summed E-state index contributed by atoms with van der Waals surface area (Å²) in [5, 5.41) is 13.6. The molecule has 0 aliphatic rings. The lowest BCUT2D eigenvalue weighted by Crippen LogP contribution is -2.19. The summed E-state index contributed by atoms with van der Waals surface area (Å²) in [5.74, 6) is 1.23. The van der Waals surface area contributed by atoms with E-state index in [1.807, 2.05) is 11.8 Å². The van der Waals surface area contributed by atoms with Crippen LogP contribution in [0.25, 0.3) is 0 Å². The highest BCUT2D eigenvalue weighted by Crippen LogP contribution is 2.16. The van der Waals surface area contributed by atoms with E-state index in [2.05, 4.69) is 40.6 Å². The van der Waals surface area contributed by atoms with Gasteiger partial charge in [-0.25, -0.2) is 0 Å². The molecule has 6 heteroatoms. The van der Waals surface area contributed by atoms with Crippen LogP contribution in [0, 0.1) is 0 Å². The van der Waals surface area contributed by atoms with Gasteiger partial charge in [0.2, 0.25) is 5.13 Å². The molecule has 98 valence electrons. The lowest BCUT2D eigenvalue weighted by atomic mass is 10.4. The van der Waals surface area contributed by atoms with Crippen molar-refractivity contribution in [1.82, 2.24) is 15.1 Å². The topological polar surface area (TPSA) is 41.1 Å². The molecule has 0 atom stereocenters. The predicted molar refractivity (Wildman–Crippen MR) is 78.0 cm³/mol. The van der Waals surface area contributed by atoms with Crippen molar-refractivity contribution in [3.05, 3.63) is 5.01 Å². The Labute approximate surface area is 112 Å². The molecule has 4 nitrogen and oxygen atoms in total. The second-order valence-corrected chi connectivity index (χ2v) is 6.06. The monoisotopic (exact) mass is 274 g/mol. The first kappa shape index (κ1) is 14.7. The van der Waals surface area contributed by atoms with Crippen molar-refractivity contribution >= 4 is 28.2 Å². The van der Waals surface area contributed by atoms with Gasteiger partial charge in [-0.05, 0) is 38.4 Å². The average molecular weight is 274 g/mol. The van der Waals surface area contributed by atoms with Gasteiger partial charge in [-0.2, -0.15) is 11.8 Å². The molecule has 0 spiro atoms. The third-order valence-electron chi connectivity index (χ3n) is 2.29. The third kappa shape index (κ3) is 6.24. The summed E-state index contributed by atoms with van der Waals surface area (Å²) in [4.78, 5) is 2.31. The Morgan fingerprint density at radius 2 is 2.24 bits per heavy atom.